The van der Waals surface area contributed by atoms with E-state index in [1.54, 1.807) is 12.1 Å². The highest BCUT2D eigenvalue weighted by Crippen LogP contribution is 2.18. The summed E-state index contributed by atoms with van der Waals surface area (Å²) in [5.41, 5.74) is 6.27. The zero-order valence-electron chi connectivity index (χ0n) is 11.4. The molecule has 3 heteroatoms. The third-order valence-corrected chi connectivity index (χ3v) is 2.70. The lowest BCUT2D eigenvalue weighted by Gasteiger charge is -2.05. The molecule has 0 heterocycles. The first-order valence-electron chi connectivity index (χ1n) is 6.55. The SMILES string of the molecule is CCCOc1ccc(C#Cc2ccc([NH3+])cc2)cc1F. The summed E-state index contributed by atoms with van der Waals surface area (Å²) in [5, 5.41) is 0. The minimum absolute atomic E-state index is 0.277. The van der Waals surface area contributed by atoms with Crippen LogP contribution in [-0.2, 0) is 0 Å². The number of benzene rings is 2. The molecule has 0 saturated carbocycles. The van der Waals surface area contributed by atoms with Crippen molar-refractivity contribution in [2.24, 2.45) is 0 Å². The highest BCUT2D eigenvalue weighted by atomic mass is 19.1. The molecular formula is C17H17FNO+. The zero-order valence-corrected chi connectivity index (χ0v) is 11.4. The van der Waals surface area contributed by atoms with Gasteiger partial charge in [0.25, 0.3) is 0 Å². The van der Waals surface area contributed by atoms with Crippen molar-refractivity contribution in [3.63, 3.8) is 0 Å². The minimum Gasteiger partial charge on any atom is -0.491 e. The first kappa shape index (κ1) is 14.1. The average Bonchev–Trinajstić information content (AvgIpc) is 2.46. The van der Waals surface area contributed by atoms with E-state index in [2.05, 4.69) is 17.6 Å². The Balaban J connectivity index is 2.14. The Morgan fingerprint density at radius 2 is 1.70 bits per heavy atom. The van der Waals surface area contributed by atoms with Crippen LogP contribution in [0.1, 0.15) is 24.5 Å². The van der Waals surface area contributed by atoms with Crippen LogP contribution >= 0.6 is 0 Å². The van der Waals surface area contributed by atoms with Gasteiger partial charge in [-0.3, -0.25) is 0 Å². The minimum atomic E-state index is -0.377. The van der Waals surface area contributed by atoms with Gasteiger partial charge in [-0.15, -0.1) is 0 Å². The highest BCUT2D eigenvalue weighted by Gasteiger charge is 2.03. The average molecular weight is 270 g/mol. The van der Waals surface area contributed by atoms with Gasteiger partial charge in [0.05, 0.1) is 6.61 Å². The summed E-state index contributed by atoms with van der Waals surface area (Å²) < 4.78 is 19.0. The summed E-state index contributed by atoms with van der Waals surface area (Å²) >= 11 is 0. The largest absolute Gasteiger partial charge is 0.491 e. The topological polar surface area (TPSA) is 36.9 Å². The summed E-state index contributed by atoms with van der Waals surface area (Å²) in [6.07, 6.45) is 0.850. The Morgan fingerprint density at radius 1 is 1.05 bits per heavy atom. The van der Waals surface area contributed by atoms with E-state index in [1.165, 1.54) is 6.07 Å². The number of hydrogen-bond acceptors (Lipinski definition) is 1. The normalized spacial score (nSPS) is 9.75. The Labute approximate surface area is 118 Å². The van der Waals surface area contributed by atoms with E-state index in [9.17, 15) is 4.39 Å². The second-order valence-electron chi connectivity index (χ2n) is 4.44. The van der Waals surface area contributed by atoms with Gasteiger partial charge in [0.15, 0.2) is 11.6 Å². The molecule has 2 nitrogen and oxygen atoms in total. The summed E-state index contributed by atoms with van der Waals surface area (Å²) in [5.74, 6) is 5.83. The fraction of sp³-hybridized carbons (Fsp3) is 0.176. The molecule has 0 aliphatic carbocycles. The fourth-order valence-electron chi connectivity index (χ4n) is 1.64. The summed E-state index contributed by atoms with van der Waals surface area (Å²) in [4.78, 5) is 0. The van der Waals surface area contributed by atoms with Gasteiger partial charge in [0.2, 0.25) is 0 Å². The van der Waals surface area contributed by atoms with Crippen LogP contribution in [0.3, 0.4) is 0 Å². The van der Waals surface area contributed by atoms with E-state index in [4.69, 9.17) is 4.74 Å². The molecule has 0 aliphatic heterocycles. The lowest BCUT2D eigenvalue weighted by atomic mass is 10.1. The summed E-state index contributed by atoms with van der Waals surface area (Å²) in [6, 6.07) is 12.4. The Kier molecular flexibility index (Phi) is 4.75. The van der Waals surface area contributed by atoms with Crippen molar-refractivity contribution in [2.75, 3.05) is 6.61 Å². The van der Waals surface area contributed by atoms with Gasteiger partial charge < -0.3 is 10.5 Å². The van der Waals surface area contributed by atoms with Crippen LogP contribution in [0.4, 0.5) is 10.1 Å². The molecule has 20 heavy (non-hydrogen) atoms. The number of hydrogen-bond donors (Lipinski definition) is 1. The van der Waals surface area contributed by atoms with Crippen LogP contribution in [-0.4, -0.2) is 6.61 Å². The molecule has 0 fully saturated rings. The predicted octanol–water partition coefficient (Wildman–Crippen LogP) is 2.89. The van der Waals surface area contributed by atoms with E-state index < -0.39 is 0 Å². The van der Waals surface area contributed by atoms with Crippen LogP contribution in [0.15, 0.2) is 42.5 Å². The third-order valence-electron chi connectivity index (χ3n) is 2.70. The fourth-order valence-corrected chi connectivity index (χ4v) is 1.64. The van der Waals surface area contributed by atoms with Crippen molar-refractivity contribution in [1.82, 2.24) is 0 Å². The van der Waals surface area contributed by atoms with Crippen LogP contribution < -0.4 is 10.5 Å². The van der Waals surface area contributed by atoms with Gasteiger partial charge in [0.1, 0.15) is 5.69 Å². The quantitative estimate of drug-likeness (QED) is 0.855. The number of rotatable bonds is 3. The lowest BCUT2D eigenvalue weighted by Crippen LogP contribution is -2.39. The highest BCUT2D eigenvalue weighted by molar-refractivity contribution is 5.46. The molecule has 2 rings (SSSR count). The molecule has 0 aliphatic rings. The van der Waals surface area contributed by atoms with Crippen molar-refractivity contribution in [1.29, 1.82) is 0 Å². The molecule has 0 atom stereocenters. The maximum atomic E-state index is 13.8. The number of halogens is 1. The smallest absolute Gasteiger partial charge is 0.166 e. The molecule has 2 aromatic carbocycles. The molecule has 2 aromatic rings. The van der Waals surface area contributed by atoms with Crippen molar-refractivity contribution in [3.8, 4) is 17.6 Å². The van der Waals surface area contributed by atoms with Crippen molar-refractivity contribution in [2.45, 2.75) is 13.3 Å². The van der Waals surface area contributed by atoms with E-state index in [0.717, 1.165) is 17.7 Å². The van der Waals surface area contributed by atoms with E-state index >= 15 is 0 Å². The molecular weight excluding hydrogens is 253 g/mol. The van der Waals surface area contributed by atoms with Crippen molar-refractivity contribution >= 4 is 5.69 Å². The Bertz CT molecular complexity index is 638. The van der Waals surface area contributed by atoms with Gasteiger partial charge in [-0.2, -0.15) is 0 Å². The van der Waals surface area contributed by atoms with Gasteiger partial charge in [-0.05, 0) is 36.8 Å². The molecule has 3 N–H and O–H groups in total. The number of ether oxygens (including phenoxy) is 1. The van der Waals surface area contributed by atoms with Crippen LogP contribution in [0.2, 0.25) is 0 Å². The first-order valence-corrected chi connectivity index (χ1v) is 6.55. The van der Waals surface area contributed by atoms with Crippen LogP contribution in [0, 0.1) is 17.7 Å². The molecule has 0 amide bonds. The monoisotopic (exact) mass is 270 g/mol. The third kappa shape index (κ3) is 3.84. The Hall–Kier alpha value is -2.31. The maximum absolute atomic E-state index is 13.8. The second-order valence-corrected chi connectivity index (χ2v) is 4.44. The molecule has 0 unspecified atom stereocenters. The molecule has 0 bridgehead atoms. The maximum Gasteiger partial charge on any atom is 0.166 e. The van der Waals surface area contributed by atoms with Crippen LogP contribution in [0.25, 0.3) is 0 Å². The molecule has 0 spiro atoms. The van der Waals surface area contributed by atoms with E-state index in [1.807, 2.05) is 31.2 Å². The molecule has 102 valence electrons. The standard InChI is InChI=1S/C17H16FNO/c1-2-11-20-17-10-7-14(12-16(17)18)4-3-13-5-8-15(19)9-6-13/h5-10,12H,2,11,19H2,1H3/p+1. The van der Waals surface area contributed by atoms with Gasteiger partial charge >= 0.3 is 0 Å². The second kappa shape index (κ2) is 6.74. The molecule has 0 saturated heterocycles. The lowest BCUT2D eigenvalue weighted by molar-refractivity contribution is -0.254. The van der Waals surface area contributed by atoms with Crippen LogP contribution in [0.5, 0.6) is 5.75 Å². The molecule has 0 radical (unpaired) electrons. The summed E-state index contributed by atoms with van der Waals surface area (Å²) in [6.45, 7) is 2.49. The van der Waals surface area contributed by atoms with E-state index in [-0.39, 0.29) is 11.6 Å². The van der Waals surface area contributed by atoms with Gasteiger partial charge in [-0.1, -0.05) is 18.8 Å². The number of quaternary nitrogens is 1. The van der Waals surface area contributed by atoms with Crippen molar-refractivity contribution < 1.29 is 14.9 Å². The Morgan fingerprint density at radius 3 is 2.35 bits per heavy atom. The van der Waals surface area contributed by atoms with Crippen molar-refractivity contribution in [3.05, 3.63) is 59.4 Å². The predicted molar refractivity (Wildman–Crippen MR) is 77.2 cm³/mol. The van der Waals surface area contributed by atoms with Gasteiger partial charge in [0, 0.05) is 23.3 Å². The summed E-state index contributed by atoms with van der Waals surface area (Å²) in [7, 11) is 0. The van der Waals surface area contributed by atoms with Gasteiger partial charge in [-0.25, -0.2) is 4.39 Å². The molecule has 0 aromatic heterocycles. The van der Waals surface area contributed by atoms with E-state index in [0.29, 0.717) is 12.2 Å². The zero-order chi connectivity index (χ0) is 14.4. The first-order chi connectivity index (χ1) is 9.69.